The summed E-state index contributed by atoms with van der Waals surface area (Å²) in [5.74, 6) is -0.991. The number of para-hydroxylation sites is 2. The largest absolute Gasteiger partial charge is 0.495 e. The van der Waals surface area contributed by atoms with Crippen LogP contribution in [0.4, 0.5) is 11.4 Å². The van der Waals surface area contributed by atoms with Gasteiger partial charge in [-0.2, -0.15) is 0 Å². The number of rotatable bonds is 7. The van der Waals surface area contributed by atoms with Crippen molar-refractivity contribution < 1.29 is 23.9 Å². The van der Waals surface area contributed by atoms with Crippen LogP contribution in [-0.4, -0.2) is 36.5 Å². The summed E-state index contributed by atoms with van der Waals surface area (Å²) in [7, 11) is 1.52. The van der Waals surface area contributed by atoms with Crippen molar-refractivity contribution in [3.8, 4) is 5.75 Å². The average molecular weight is 428 g/mol. The number of amides is 2. The molecule has 0 aliphatic carbocycles. The number of nitrogens with one attached hydrogen (secondary N) is 3. The summed E-state index contributed by atoms with van der Waals surface area (Å²) >= 11 is 5.72. The Bertz CT molecular complexity index is 1060. The molecule has 154 valence electrons. The fourth-order valence-electron chi connectivity index (χ4n) is 2.54. The molecule has 2 aromatic carbocycles. The average Bonchev–Trinajstić information content (AvgIpc) is 3.19. The molecule has 1 aromatic heterocycles. The number of hydrogen-bond acceptors (Lipinski definition) is 5. The number of esters is 1. The summed E-state index contributed by atoms with van der Waals surface area (Å²) in [6.45, 7) is -0.467. The number of benzene rings is 2. The fourth-order valence-corrected chi connectivity index (χ4v) is 2.70. The third-order valence-electron chi connectivity index (χ3n) is 3.99. The van der Waals surface area contributed by atoms with Gasteiger partial charge >= 0.3 is 5.97 Å². The molecule has 0 aliphatic rings. The van der Waals surface area contributed by atoms with E-state index in [-0.39, 0.29) is 11.6 Å². The van der Waals surface area contributed by atoms with Gasteiger partial charge in [0.1, 0.15) is 11.4 Å². The van der Waals surface area contributed by atoms with E-state index in [4.69, 9.17) is 21.1 Å². The van der Waals surface area contributed by atoms with Crippen molar-refractivity contribution in [1.82, 2.24) is 4.98 Å². The molecule has 1 heterocycles. The van der Waals surface area contributed by atoms with Gasteiger partial charge in [-0.25, -0.2) is 4.79 Å². The smallest absolute Gasteiger partial charge is 0.355 e. The van der Waals surface area contributed by atoms with Crippen LogP contribution in [0.5, 0.6) is 5.75 Å². The Kier molecular flexibility index (Phi) is 6.71. The lowest BCUT2D eigenvalue weighted by Crippen LogP contribution is -2.21. The van der Waals surface area contributed by atoms with Crippen molar-refractivity contribution in [2.24, 2.45) is 0 Å². The number of ether oxygens (including phenoxy) is 2. The van der Waals surface area contributed by atoms with E-state index in [1.807, 2.05) is 0 Å². The zero-order chi connectivity index (χ0) is 21.5. The third-order valence-corrected chi connectivity index (χ3v) is 4.21. The Morgan fingerprint density at radius 1 is 1.03 bits per heavy atom. The number of hydrogen-bond donors (Lipinski definition) is 3. The van der Waals surface area contributed by atoms with E-state index in [1.165, 1.54) is 19.4 Å². The SMILES string of the molecule is COc1ccccc1NC(=O)c1ccc(NC(=O)COC(=O)c2cc(Cl)c[nH]2)cc1. The van der Waals surface area contributed by atoms with Gasteiger partial charge in [0, 0.05) is 17.4 Å². The van der Waals surface area contributed by atoms with Crippen LogP contribution >= 0.6 is 11.6 Å². The fraction of sp³-hybridized carbons (Fsp3) is 0.0952. The number of aromatic amines is 1. The number of H-pyrrole nitrogens is 1. The van der Waals surface area contributed by atoms with E-state index in [0.717, 1.165) is 0 Å². The summed E-state index contributed by atoms with van der Waals surface area (Å²) in [6.07, 6.45) is 1.43. The van der Waals surface area contributed by atoms with Crippen molar-refractivity contribution in [2.75, 3.05) is 24.4 Å². The van der Waals surface area contributed by atoms with Crippen molar-refractivity contribution in [3.05, 3.63) is 77.1 Å². The van der Waals surface area contributed by atoms with Crippen molar-refractivity contribution >= 4 is 40.8 Å². The molecule has 30 heavy (non-hydrogen) atoms. The second-order valence-electron chi connectivity index (χ2n) is 6.09. The molecule has 0 saturated heterocycles. The van der Waals surface area contributed by atoms with Gasteiger partial charge in [-0.3, -0.25) is 9.59 Å². The van der Waals surface area contributed by atoms with Crippen LogP contribution in [0, 0.1) is 0 Å². The molecule has 3 N–H and O–H groups in total. The number of methoxy groups -OCH3 is 1. The highest BCUT2D eigenvalue weighted by molar-refractivity contribution is 6.30. The lowest BCUT2D eigenvalue weighted by molar-refractivity contribution is -0.119. The summed E-state index contributed by atoms with van der Waals surface area (Å²) in [4.78, 5) is 38.8. The molecule has 3 rings (SSSR count). The first-order chi connectivity index (χ1) is 14.5. The number of aromatic nitrogens is 1. The Balaban J connectivity index is 1.53. The highest BCUT2D eigenvalue weighted by Gasteiger charge is 2.13. The minimum Gasteiger partial charge on any atom is -0.495 e. The molecular formula is C21H18ClN3O5. The molecule has 8 nitrogen and oxygen atoms in total. The van der Waals surface area contributed by atoms with Crippen LogP contribution in [-0.2, 0) is 9.53 Å². The van der Waals surface area contributed by atoms with Crippen molar-refractivity contribution in [1.29, 1.82) is 0 Å². The maximum absolute atomic E-state index is 12.4. The monoisotopic (exact) mass is 427 g/mol. The lowest BCUT2D eigenvalue weighted by atomic mass is 10.2. The van der Waals surface area contributed by atoms with Gasteiger partial charge in [0.2, 0.25) is 0 Å². The van der Waals surface area contributed by atoms with Gasteiger partial charge in [0.25, 0.3) is 11.8 Å². The summed E-state index contributed by atoms with van der Waals surface area (Å²) < 4.78 is 10.1. The predicted octanol–water partition coefficient (Wildman–Crippen LogP) is 3.72. The zero-order valence-electron chi connectivity index (χ0n) is 15.9. The molecule has 3 aromatic rings. The number of carbonyl (C=O) groups excluding carboxylic acids is 3. The zero-order valence-corrected chi connectivity index (χ0v) is 16.7. The normalized spacial score (nSPS) is 10.2. The van der Waals surface area contributed by atoms with Crippen molar-refractivity contribution in [3.63, 3.8) is 0 Å². The minimum atomic E-state index is -0.694. The lowest BCUT2D eigenvalue weighted by Gasteiger charge is -2.10. The molecule has 0 unspecified atom stereocenters. The Morgan fingerprint density at radius 3 is 2.43 bits per heavy atom. The second kappa shape index (κ2) is 9.62. The van der Waals surface area contributed by atoms with Gasteiger partial charge in [-0.15, -0.1) is 0 Å². The maximum Gasteiger partial charge on any atom is 0.355 e. The van der Waals surface area contributed by atoms with E-state index in [0.29, 0.717) is 27.7 Å². The third kappa shape index (κ3) is 5.39. The van der Waals surface area contributed by atoms with Gasteiger partial charge < -0.3 is 25.1 Å². The Hall–Kier alpha value is -3.78. The van der Waals surface area contributed by atoms with Crippen LogP contribution < -0.4 is 15.4 Å². The molecule has 0 atom stereocenters. The first kappa shape index (κ1) is 20.9. The highest BCUT2D eigenvalue weighted by atomic mass is 35.5. The molecule has 0 bridgehead atoms. The predicted molar refractivity (Wildman–Crippen MR) is 112 cm³/mol. The van der Waals surface area contributed by atoms with Gasteiger partial charge in [-0.05, 0) is 42.5 Å². The molecule has 2 amide bonds. The van der Waals surface area contributed by atoms with Crippen LogP contribution in [0.1, 0.15) is 20.8 Å². The first-order valence-electron chi connectivity index (χ1n) is 8.81. The molecule has 0 aliphatic heterocycles. The molecule has 9 heteroatoms. The van der Waals surface area contributed by atoms with Crippen LogP contribution in [0.2, 0.25) is 5.02 Å². The van der Waals surface area contributed by atoms with E-state index in [9.17, 15) is 14.4 Å². The Labute approximate surface area is 177 Å². The van der Waals surface area contributed by atoms with Crippen molar-refractivity contribution in [2.45, 2.75) is 0 Å². The molecular weight excluding hydrogens is 410 g/mol. The topological polar surface area (TPSA) is 110 Å². The molecule has 0 fully saturated rings. The maximum atomic E-state index is 12.4. The molecule has 0 radical (unpaired) electrons. The van der Waals surface area contributed by atoms with E-state index in [1.54, 1.807) is 48.5 Å². The number of halogens is 1. The van der Waals surface area contributed by atoms with E-state index >= 15 is 0 Å². The van der Waals surface area contributed by atoms with Crippen LogP contribution in [0.25, 0.3) is 0 Å². The minimum absolute atomic E-state index is 0.151. The summed E-state index contributed by atoms with van der Waals surface area (Å²) in [5.41, 5.74) is 1.55. The second-order valence-corrected chi connectivity index (χ2v) is 6.52. The first-order valence-corrected chi connectivity index (χ1v) is 9.19. The summed E-state index contributed by atoms with van der Waals surface area (Å²) in [6, 6.07) is 14.7. The molecule has 0 spiro atoms. The van der Waals surface area contributed by atoms with Crippen LogP contribution in [0.15, 0.2) is 60.8 Å². The van der Waals surface area contributed by atoms with Crippen LogP contribution in [0.3, 0.4) is 0 Å². The summed E-state index contributed by atoms with van der Waals surface area (Å²) in [5, 5.41) is 5.71. The van der Waals surface area contributed by atoms with Gasteiger partial charge in [-0.1, -0.05) is 23.7 Å². The molecule has 0 saturated carbocycles. The number of anilines is 2. The van der Waals surface area contributed by atoms with Gasteiger partial charge in [0.05, 0.1) is 17.8 Å². The quantitative estimate of drug-likeness (QED) is 0.498. The van der Waals surface area contributed by atoms with Gasteiger partial charge in [0.15, 0.2) is 6.61 Å². The van der Waals surface area contributed by atoms with E-state index in [2.05, 4.69) is 15.6 Å². The highest BCUT2D eigenvalue weighted by Crippen LogP contribution is 2.23. The van der Waals surface area contributed by atoms with E-state index < -0.39 is 18.5 Å². The Morgan fingerprint density at radius 2 is 1.77 bits per heavy atom. The number of carbonyl (C=O) groups is 3. The standard InChI is InChI=1S/C21H18ClN3O5/c1-29-18-5-3-2-4-16(18)25-20(27)13-6-8-15(9-7-13)24-19(26)12-30-21(28)17-10-14(22)11-23-17/h2-11,23H,12H2,1H3,(H,24,26)(H,25,27).